The summed E-state index contributed by atoms with van der Waals surface area (Å²) in [5.74, 6) is 0.786. The summed E-state index contributed by atoms with van der Waals surface area (Å²) in [7, 11) is 0. The lowest BCUT2D eigenvalue weighted by Crippen LogP contribution is -1.77. The second-order valence-corrected chi connectivity index (χ2v) is 3.30. The Hall–Kier alpha value is -2.16. The summed E-state index contributed by atoms with van der Waals surface area (Å²) in [4.78, 5) is 7.97. The van der Waals surface area contributed by atoms with Gasteiger partial charge in [0, 0.05) is 23.3 Å². The van der Waals surface area contributed by atoms with Crippen LogP contribution in [0.15, 0.2) is 53.7 Å². The topological polar surface area (TPSA) is 38.9 Å². The van der Waals surface area contributed by atoms with E-state index in [0.29, 0.717) is 0 Å². The van der Waals surface area contributed by atoms with Crippen LogP contribution in [0, 0.1) is 0 Å². The molecule has 2 aromatic heterocycles. The smallest absolute Gasteiger partial charge is 0.181 e. The van der Waals surface area contributed by atoms with Crippen molar-refractivity contribution in [2.45, 2.75) is 0 Å². The van der Waals surface area contributed by atoms with Gasteiger partial charge < -0.3 is 4.42 Å². The number of nitrogens with zero attached hydrogens (tertiary/aromatic N) is 2. The van der Waals surface area contributed by atoms with Crippen molar-refractivity contribution >= 4 is 10.8 Å². The van der Waals surface area contributed by atoms with Crippen LogP contribution in [0.1, 0.15) is 0 Å². The number of fused-ring (bicyclic) bond motifs is 1. The van der Waals surface area contributed by atoms with Crippen LogP contribution in [-0.4, -0.2) is 9.97 Å². The standard InChI is InChI=1S/C12H8N2O/c1-2-11-6-13-4-3-9(11)5-10(1)12-7-14-8-15-12/h1-8H. The molecule has 3 aromatic rings. The Bertz CT molecular complexity index is 587. The fourth-order valence-electron chi connectivity index (χ4n) is 1.59. The SMILES string of the molecule is c1cc2cc(-c3cnco3)ccc2cn1. The van der Waals surface area contributed by atoms with Crippen molar-refractivity contribution in [3.63, 3.8) is 0 Å². The van der Waals surface area contributed by atoms with Gasteiger partial charge in [-0.3, -0.25) is 4.98 Å². The second kappa shape index (κ2) is 3.20. The summed E-state index contributed by atoms with van der Waals surface area (Å²) in [6.45, 7) is 0. The lowest BCUT2D eigenvalue weighted by Gasteiger charge is -1.99. The number of hydrogen-bond donors (Lipinski definition) is 0. The molecule has 15 heavy (non-hydrogen) atoms. The van der Waals surface area contributed by atoms with Crippen LogP contribution in [0.25, 0.3) is 22.1 Å². The lowest BCUT2D eigenvalue weighted by molar-refractivity contribution is 0.572. The van der Waals surface area contributed by atoms with Crippen LogP contribution in [0.2, 0.25) is 0 Å². The van der Waals surface area contributed by atoms with Crippen molar-refractivity contribution in [2.75, 3.05) is 0 Å². The van der Waals surface area contributed by atoms with Gasteiger partial charge in [-0.15, -0.1) is 0 Å². The van der Waals surface area contributed by atoms with E-state index in [1.165, 1.54) is 6.39 Å². The zero-order chi connectivity index (χ0) is 10.1. The highest BCUT2D eigenvalue weighted by atomic mass is 16.3. The number of oxazole rings is 1. The second-order valence-electron chi connectivity index (χ2n) is 3.30. The van der Waals surface area contributed by atoms with Gasteiger partial charge >= 0.3 is 0 Å². The molecule has 0 radical (unpaired) electrons. The summed E-state index contributed by atoms with van der Waals surface area (Å²) in [6.07, 6.45) is 6.78. The Labute approximate surface area is 86.4 Å². The first-order valence-electron chi connectivity index (χ1n) is 4.66. The van der Waals surface area contributed by atoms with E-state index in [1.54, 1.807) is 12.4 Å². The van der Waals surface area contributed by atoms with Crippen molar-refractivity contribution in [1.29, 1.82) is 0 Å². The van der Waals surface area contributed by atoms with Gasteiger partial charge in [0.2, 0.25) is 0 Å². The monoisotopic (exact) mass is 196 g/mol. The third-order valence-electron chi connectivity index (χ3n) is 2.36. The Morgan fingerprint density at radius 1 is 0.933 bits per heavy atom. The van der Waals surface area contributed by atoms with Gasteiger partial charge in [0.15, 0.2) is 12.2 Å². The Kier molecular flexibility index (Phi) is 1.75. The molecule has 0 N–H and O–H groups in total. The molecule has 0 aliphatic heterocycles. The molecule has 0 spiro atoms. The van der Waals surface area contributed by atoms with Gasteiger partial charge in [-0.1, -0.05) is 12.1 Å². The molecule has 0 aliphatic rings. The fraction of sp³-hybridized carbons (Fsp3) is 0. The van der Waals surface area contributed by atoms with E-state index in [1.807, 2.05) is 24.4 Å². The minimum Gasteiger partial charge on any atom is -0.444 e. The predicted molar refractivity (Wildman–Crippen MR) is 57.2 cm³/mol. The van der Waals surface area contributed by atoms with Gasteiger partial charge in [-0.25, -0.2) is 4.98 Å². The van der Waals surface area contributed by atoms with E-state index in [2.05, 4.69) is 16.0 Å². The van der Waals surface area contributed by atoms with Crippen LogP contribution in [0.4, 0.5) is 0 Å². The maximum Gasteiger partial charge on any atom is 0.181 e. The van der Waals surface area contributed by atoms with Crippen molar-refractivity contribution in [1.82, 2.24) is 9.97 Å². The van der Waals surface area contributed by atoms with Crippen molar-refractivity contribution in [3.8, 4) is 11.3 Å². The van der Waals surface area contributed by atoms with Gasteiger partial charge in [-0.2, -0.15) is 0 Å². The van der Waals surface area contributed by atoms with E-state index in [0.717, 1.165) is 22.1 Å². The largest absolute Gasteiger partial charge is 0.444 e. The predicted octanol–water partition coefficient (Wildman–Crippen LogP) is 2.89. The molecule has 0 atom stereocenters. The van der Waals surface area contributed by atoms with E-state index in [4.69, 9.17) is 4.42 Å². The summed E-state index contributed by atoms with van der Waals surface area (Å²) in [6, 6.07) is 8.08. The van der Waals surface area contributed by atoms with Crippen molar-refractivity contribution in [2.24, 2.45) is 0 Å². The number of rotatable bonds is 1. The molecule has 0 fully saturated rings. The summed E-state index contributed by atoms with van der Waals surface area (Å²) >= 11 is 0. The van der Waals surface area contributed by atoms with Crippen LogP contribution < -0.4 is 0 Å². The van der Waals surface area contributed by atoms with Crippen molar-refractivity contribution < 1.29 is 4.42 Å². The highest BCUT2D eigenvalue weighted by molar-refractivity contribution is 5.85. The number of hydrogen-bond acceptors (Lipinski definition) is 3. The van der Waals surface area contributed by atoms with Gasteiger partial charge in [0.05, 0.1) is 6.20 Å². The molecular formula is C12H8N2O. The minimum absolute atomic E-state index is 0.786. The molecule has 3 rings (SSSR count). The van der Waals surface area contributed by atoms with Gasteiger partial charge in [0.25, 0.3) is 0 Å². The average Bonchev–Trinajstić information content (AvgIpc) is 2.82. The molecule has 0 aliphatic carbocycles. The highest BCUT2D eigenvalue weighted by Crippen LogP contribution is 2.23. The first-order chi connectivity index (χ1) is 7.43. The van der Waals surface area contributed by atoms with Crippen molar-refractivity contribution in [3.05, 3.63) is 49.2 Å². The van der Waals surface area contributed by atoms with Crippen LogP contribution in [0.5, 0.6) is 0 Å². The molecule has 0 amide bonds. The lowest BCUT2D eigenvalue weighted by atomic mass is 10.1. The zero-order valence-corrected chi connectivity index (χ0v) is 7.92. The molecule has 0 saturated carbocycles. The third-order valence-corrected chi connectivity index (χ3v) is 2.36. The number of pyridine rings is 1. The molecule has 1 aromatic carbocycles. The molecule has 3 heteroatoms. The Balaban J connectivity index is 2.22. The summed E-state index contributed by atoms with van der Waals surface area (Å²) in [5.41, 5.74) is 1.03. The molecule has 72 valence electrons. The van der Waals surface area contributed by atoms with E-state index < -0.39 is 0 Å². The fourth-order valence-corrected chi connectivity index (χ4v) is 1.59. The molecule has 3 nitrogen and oxygen atoms in total. The van der Waals surface area contributed by atoms with Gasteiger partial charge in [-0.05, 0) is 17.5 Å². The van der Waals surface area contributed by atoms with Crippen LogP contribution in [0.3, 0.4) is 0 Å². The van der Waals surface area contributed by atoms with E-state index >= 15 is 0 Å². The van der Waals surface area contributed by atoms with E-state index in [-0.39, 0.29) is 0 Å². The van der Waals surface area contributed by atoms with E-state index in [9.17, 15) is 0 Å². The summed E-state index contributed by atoms with van der Waals surface area (Å²) < 4.78 is 5.24. The van der Waals surface area contributed by atoms with Crippen LogP contribution in [-0.2, 0) is 0 Å². The number of aromatic nitrogens is 2. The molecule has 2 heterocycles. The highest BCUT2D eigenvalue weighted by Gasteiger charge is 2.01. The quantitative estimate of drug-likeness (QED) is 0.600. The first kappa shape index (κ1) is 8.17. The first-order valence-corrected chi connectivity index (χ1v) is 4.66. The molecule has 0 unspecified atom stereocenters. The Morgan fingerprint density at radius 3 is 2.80 bits per heavy atom. The molecule has 0 bridgehead atoms. The molecular weight excluding hydrogens is 188 g/mol. The third kappa shape index (κ3) is 1.38. The Morgan fingerprint density at radius 2 is 1.93 bits per heavy atom. The maximum atomic E-state index is 5.24. The van der Waals surface area contributed by atoms with Crippen LogP contribution >= 0.6 is 0 Å². The van der Waals surface area contributed by atoms with Gasteiger partial charge in [0.1, 0.15) is 0 Å². The number of benzene rings is 1. The molecule has 0 saturated heterocycles. The summed E-state index contributed by atoms with van der Waals surface area (Å²) in [5, 5.41) is 2.28. The minimum atomic E-state index is 0.786. The normalized spacial score (nSPS) is 10.7. The maximum absolute atomic E-state index is 5.24. The average molecular weight is 196 g/mol. The zero-order valence-electron chi connectivity index (χ0n) is 7.92.